The molecule has 2 N–H and O–H groups in total. The van der Waals surface area contributed by atoms with Crippen LogP contribution in [-0.2, 0) is 14.6 Å². The van der Waals surface area contributed by atoms with Gasteiger partial charge in [0.2, 0.25) is 0 Å². The molecule has 1 amide bonds. The molecule has 1 heterocycles. The number of carbonyl (C=O) groups excluding carboxylic acids is 1. The molecule has 1 aliphatic carbocycles. The fourth-order valence-electron chi connectivity index (χ4n) is 6.96. The Labute approximate surface area is 278 Å². The van der Waals surface area contributed by atoms with Crippen LogP contribution >= 0.6 is 0 Å². The summed E-state index contributed by atoms with van der Waals surface area (Å²) in [4.78, 5) is 15.4. The summed E-state index contributed by atoms with van der Waals surface area (Å²) in [5, 5.41) is 15.7. The Morgan fingerprint density at radius 3 is 2.17 bits per heavy atom. The van der Waals surface area contributed by atoms with Gasteiger partial charge in [-0.3, -0.25) is 4.79 Å². The van der Waals surface area contributed by atoms with Crippen LogP contribution in [0, 0.1) is 23.2 Å². The minimum atomic E-state index is -4.26. The largest absolute Gasteiger partial charge is 0.391 e. The number of sulfone groups is 1. The first kappa shape index (κ1) is 37.5. The molecule has 2 aromatic rings. The van der Waals surface area contributed by atoms with Crippen molar-refractivity contribution in [2.75, 3.05) is 30.3 Å². The van der Waals surface area contributed by atoms with Crippen molar-refractivity contribution in [3.05, 3.63) is 59.7 Å². The van der Waals surface area contributed by atoms with Gasteiger partial charge in [0, 0.05) is 35.9 Å². The molecule has 8 nitrogen and oxygen atoms in total. The number of nitrogens with one attached hydrogen (secondary N) is 2. The highest BCUT2D eigenvalue weighted by atomic mass is 32.2. The third-order valence-electron chi connectivity index (χ3n) is 9.87. The monoisotopic (exact) mass is 698 g/mol. The third-order valence-corrected chi connectivity index (χ3v) is 11.6. The summed E-state index contributed by atoms with van der Waals surface area (Å²) in [5.74, 6) is -2.05. The molecule has 0 radical (unpaired) electrons. The topological polar surface area (TPSA) is 112 Å². The second-order valence-corrected chi connectivity index (χ2v) is 14.9. The minimum absolute atomic E-state index is 0.0166. The molecule has 4 rings (SSSR count). The summed E-state index contributed by atoms with van der Waals surface area (Å²) >= 11 is 0. The van der Waals surface area contributed by atoms with Crippen molar-refractivity contribution < 1.29 is 39.9 Å². The Kier molecular flexibility index (Phi) is 12.5. The highest BCUT2D eigenvalue weighted by molar-refractivity contribution is 7.91. The third kappa shape index (κ3) is 9.24. The summed E-state index contributed by atoms with van der Waals surface area (Å²) in [6.45, 7) is 1.30. The molecular weight excluding hydrogens is 655 g/mol. The number of ether oxygens (including phenoxy) is 1. The van der Waals surface area contributed by atoms with Crippen LogP contribution < -0.4 is 15.5 Å². The minimum Gasteiger partial charge on any atom is -0.370 e. The molecule has 48 heavy (non-hydrogen) atoms. The number of anilines is 1. The number of amides is 1. The Hall–Kier alpha value is -3.28. The van der Waals surface area contributed by atoms with Gasteiger partial charge >= 0.3 is 12.8 Å². The summed E-state index contributed by atoms with van der Waals surface area (Å²) < 4.78 is 95.4. The fraction of sp³-hybridized carbons (Fsp3) is 0.588. The fourth-order valence-corrected chi connectivity index (χ4v) is 7.84. The molecule has 1 saturated carbocycles. The lowest BCUT2D eigenvalue weighted by Crippen LogP contribution is -2.59. The maximum absolute atomic E-state index is 13.3. The first-order chi connectivity index (χ1) is 22.7. The molecule has 0 aromatic heterocycles. The van der Waals surface area contributed by atoms with Crippen LogP contribution in [0.2, 0.25) is 0 Å². The lowest BCUT2D eigenvalue weighted by Gasteiger charge is -2.46. The van der Waals surface area contributed by atoms with Crippen molar-refractivity contribution in [3.63, 3.8) is 0 Å². The molecule has 3 atom stereocenters. The van der Waals surface area contributed by atoms with Gasteiger partial charge in [0.05, 0.1) is 41.7 Å². The van der Waals surface area contributed by atoms with E-state index in [1.54, 1.807) is 43.3 Å². The molecule has 2 aromatic carbocycles. The number of alkyl halides is 5. The quantitative estimate of drug-likeness (QED) is 0.209. The van der Waals surface area contributed by atoms with E-state index >= 15 is 0 Å². The lowest BCUT2D eigenvalue weighted by molar-refractivity contribution is -0.188. The number of nitriles is 1. The van der Waals surface area contributed by atoms with Gasteiger partial charge in [-0.15, -0.1) is 0 Å². The normalized spacial score (nSPS) is 22.2. The molecule has 2 fully saturated rings. The predicted octanol–water partition coefficient (Wildman–Crippen LogP) is 6.79. The summed E-state index contributed by atoms with van der Waals surface area (Å²) in [6, 6.07) is 14.3. The van der Waals surface area contributed by atoms with Gasteiger partial charge in [0.25, 0.3) is 5.91 Å². The average molecular weight is 699 g/mol. The second-order valence-electron chi connectivity index (χ2n) is 12.7. The van der Waals surface area contributed by atoms with Gasteiger partial charge in [-0.25, -0.2) is 8.42 Å². The maximum Gasteiger partial charge on any atom is 0.391 e. The molecular formula is C34H43F5N4O4S. The van der Waals surface area contributed by atoms with E-state index in [4.69, 9.17) is 4.74 Å². The smallest absolute Gasteiger partial charge is 0.370 e. The van der Waals surface area contributed by atoms with Crippen LogP contribution in [0.15, 0.2) is 53.4 Å². The van der Waals surface area contributed by atoms with Crippen LogP contribution in [0.1, 0.15) is 80.8 Å². The van der Waals surface area contributed by atoms with E-state index in [0.717, 1.165) is 5.69 Å². The standard InChI is InChI=1S/C34H43F5N4O4S/c1-3-33(22-47-32(35)36,25-9-11-26(12-10-25)34(37,38)39)42-27-18-20-43(21-27)28-13-5-24(6-14-28)31(44)41-30(17-19-40)23-7-15-29(16-8-23)48(45,46)4-2/h5-8,13-16,25-27,30,32,42H,3-4,9-12,17-18,20-22H2,1-2H3,(H,41,44)/t25?,26?,27?,30-,33?/m0/s1. The number of benzene rings is 2. The molecule has 1 saturated heterocycles. The van der Waals surface area contributed by atoms with Gasteiger partial charge in [0.15, 0.2) is 9.84 Å². The van der Waals surface area contributed by atoms with Gasteiger partial charge in [0.1, 0.15) is 0 Å². The molecule has 0 bridgehead atoms. The van der Waals surface area contributed by atoms with Crippen molar-refractivity contribution in [1.29, 1.82) is 5.26 Å². The molecule has 2 aliphatic rings. The van der Waals surface area contributed by atoms with Gasteiger partial charge < -0.3 is 20.3 Å². The predicted molar refractivity (Wildman–Crippen MR) is 171 cm³/mol. The van der Waals surface area contributed by atoms with E-state index in [-0.39, 0.29) is 61.3 Å². The van der Waals surface area contributed by atoms with E-state index in [2.05, 4.69) is 21.6 Å². The SMILES string of the molecule is CCC(COC(F)F)(NC1CCN(c2ccc(C(=O)N[C@@H](CC#N)c3ccc(S(=O)(=O)CC)cc3)cc2)C1)C1CCC(C(F)(F)F)CC1. The highest BCUT2D eigenvalue weighted by Crippen LogP contribution is 2.44. The number of carbonyl (C=O) groups is 1. The Morgan fingerprint density at radius 1 is 1.00 bits per heavy atom. The van der Waals surface area contributed by atoms with E-state index in [1.807, 2.05) is 6.92 Å². The summed E-state index contributed by atoms with van der Waals surface area (Å²) in [5.41, 5.74) is 0.918. The van der Waals surface area contributed by atoms with Crippen LogP contribution in [0.4, 0.5) is 27.6 Å². The second kappa shape index (κ2) is 16.0. The van der Waals surface area contributed by atoms with Gasteiger partial charge in [-0.2, -0.15) is 27.2 Å². The number of nitrogens with zero attached hydrogens (tertiary/aromatic N) is 2. The molecule has 2 unspecified atom stereocenters. The van der Waals surface area contributed by atoms with Crippen LogP contribution in [-0.4, -0.2) is 64.1 Å². The van der Waals surface area contributed by atoms with Crippen LogP contribution in [0.3, 0.4) is 0 Å². The number of rotatable bonds is 14. The highest BCUT2D eigenvalue weighted by Gasteiger charge is 2.47. The van der Waals surface area contributed by atoms with Crippen molar-refractivity contribution in [1.82, 2.24) is 10.6 Å². The summed E-state index contributed by atoms with van der Waals surface area (Å²) in [6.07, 6.45) is -2.68. The van der Waals surface area contributed by atoms with E-state index in [9.17, 15) is 40.4 Å². The lowest BCUT2D eigenvalue weighted by atomic mass is 9.70. The number of hydrogen-bond acceptors (Lipinski definition) is 7. The van der Waals surface area contributed by atoms with Gasteiger partial charge in [-0.1, -0.05) is 26.0 Å². The number of hydrogen-bond donors (Lipinski definition) is 2. The first-order valence-electron chi connectivity index (χ1n) is 16.3. The van der Waals surface area contributed by atoms with Crippen molar-refractivity contribution >= 4 is 21.4 Å². The maximum atomic E-state index is 13.3. The zero-order valence-corrected chi connectivity index (χ0v) is 27.9. The molecule has 0 spiro atoms. The summed E-state index contributed by atoms with van der Waals surface area (Å²) in [7, 11) is -3.39. The van der Waals surface area contributed by atoms with Crippen LogP contribution in [0.5, 0.6) is 0 Å². The zero-order chi connectivity index (χ0) is 35.1. The van der Waals surface area contributed by atoms with Crippen molar-refractivity contribution in [2.45, 2.75) is 94.1 Å². The molecule has 1 aliphatic heterocycles. The van der Waals surface area contributed by atoms with Crippen molar-refractivity contribution in [3.8, 4) is 6.07 Å². The number of halogens is 5. The zero-order valence-electron chi connectivity index (χ0n) is 27.1. The van der Waals surface area contributed by atoms with E-state index in [0.29, 0.717) is 37.1 Å². The Balaban J connectivity index is 1.40. The van der Waals surface area contributed by atoms with Crippen LogP contribution in [0.25, 0.3) is 0 Å². The first-order valence-corrected chi connectivity index (χ1v) is 18.0. The Bertz CT molecular complexity index is 1510. The van der Waals surface area contributed by atoms with E-state index < -0.39 is 46.0 Å². The molecule has 14 heteroatoms. The molecule has 264 valence electrons. The van der Waals surface area contributed by atoms with Gasteiger partial charge in [-0.05, 0) is 86.4 Å². The average Bonchev–Trinajstić information content (AvgIpc) is 3.54. The Morgan fingerprint density at radius 2 is 1.62 bits per heavy atom. The van der Waals surface area contributed by atoms with E-state index in [1.165, 1.54) is 12.1 Å². The van der Waals surface area contributed by atoms with Crippen molar-refractivity contribution in [2.24, 2.45) is 11.8 Å².